The molecule has 1 aromatic carbocycles. The summed E-state index contributed by atoms with van der Waals surface area (Å²) in [6, 6.07) is 7.75. The Bertz CT molecular complexity index is 468. The van der Waals surface area contributed by atoms with Crippen LogP contribution in [0.5, 0.6) is 5.75 Å². The SMILES string of the molecule is CC(O)CN1CCN(Cc2ccc(OCC(F)F)cc2)C(C)C1. The van der Waals surface area contributed by atoms with Crippen molar-refractivity contribution in [2.24, 2.45) is 0 Å². The quantitative estimate of drug-likeness (QED) is 0.833. The van der Waals surface area contributed by atoms with Gasteiger partial charge >= 0.3 is 0 Å². The molecule has 0 radical (unpaired) electrons. The molecule has 23 heavy (non-hydrogen) atoms. The fraction of sp³-hybridized carbons (Fsp3) is 0.647. The maximum Gasteiger partial charge on any atom is 0.272 e. The lowest BCUT2D eigenvalue weighted by Crippen LogP contribution is -2.52. The minimum atomic E-state index is -2.45. The van der Waals surface area contributed by atoms with Crippen molar-refractivity contribution in [1.82, 2.24) is 9.80 Å². The first-order valence-electron chi connectivity index (χ1n) is 8.08. The highest BCUT2D eigenvalue weighted by Gasteiger charge is 2.24. The number of benzene rings is 1. The Kier molecular flexibility index (Phi) is 6.74. The zero-order chi connectivity index (χ0) is 16.8. The summed E-state index contributed by atoms with van der Waals surface area (Å²) in [6.45, 7) is 7.83. The first-order chi connectivity index (χ1) is 10.9. The van der Waals surface area contributed by atoms with E-state index in [4.69, 9.17) is 4.74 Å². The van der Waals surface area contributed by atoms with Crippen molar-refractivity contribution in [2.45, 2.75) is 39.0 Å². The molecule has 4 nitrogen and oxygen atoms in total. The number of hydrogen-bond donors (Lipinski definition) is 1. The van der Waals surface area contributed by atoms with Gasteiger partial charge in [0.15, 0.2) is 0 Å². The van der Waals surface area contributed by atoms with E-state index in [9.17, 15) is 13.9 Å². The molecule has 0 aromatic heterocycles. The van der Waals surface area contributed by atoms with Gasteiger partial charge in [-0.05, 0) is 31.5 Å². The molecule has 1 N–H and O–H groups in total. The van der Waals surface area contributed by atoms with Crippen LogP contribution in [0.1, 0.15) is 19.4 Å². The van der Waals surface area contributed by atoms with Crippen LogP contribution in [0.15, 0.2) is 24.3 Å². The summed E-state index contributed by atoms with van der Waals surface area (Å²) in [5, 5.41) is 9.48. The minimum Gasteiger partial charge on any atom is -0.488 e. The maximum absolute atomic E-state index is 12.1. The van der Waals surface area contributed by atoms with E-state index >= 15 is 0 Å². The van der Waals surface area contributed by atoms with Crippen LogP contribution in [0.2, 0.25) is 0 Å². The van der Waals surface area contributed by atoms with Gasteiger partial charge in [-0.3, -0.25) is 9.80 Å². The van der Waals surface area contributed by atoms with Gasteiger partial charge in [0, 0.05) is 38.8 Å². The topological polar surface area (TPSA) is 35.9 Å². The Hall–Kier alpha value is -1.24. The summed E-state index contributed by atoms with van der Waals surface area (Å²) in [5.41, 5.74) is 1.14. The van der Waals surface area contributed by atoms with Gasteiger partial charge in [0.05, 0.1) is 6.10 Å². The smallest absolute Gasteiger partial charge is 0.272 e. The molecule has 0 amide bonds. The van der Waals surface area contributed by atoms with E-state index < -0.39 is 13.0 Å². The molecule has 2 unspecified atom stereocenters. The summed E-state index contributed by atoms with van der Waals surface area (Å²) in [7, 11) is 0. The maximum atomic E-state index is 12.1. The minimum absolute atomic E-state index is 0.297. The van der Waals surface area contributed by atoms with E-state index in [0.29, 0.717) is 18.3 Å². The fourth-order valence-electron chi connectivity index (χ4n) is 2.93. The second-order valence-electron chi connectivity index (χ2n) is 6.27. The number of aliphatic hydroxyl groups excluding tert-OH is 1. The Morgan fingerprint density at radius 3 is 2.52 bits per heavy atom. The molecule has 6 heteroatoms. The molecule has 2 rings (SSSR count). The van der Waals surface area contributed by atoms with E-state index in [-0.39, 0.29) is 6.10 Å². The van der Waals surface area contributed by atoms with Crippen molar-refractivity contribution in [3.8, 4) is 5.75 Å². The molecular formula is C17H26F2N2O2. The zero-order valence-electron chi connectivity index (χ0n) is 13.8. The number of rotatable bonds is 7. The lowest BCUT2D eigenvalue weighted by atomic mass is 10.1. The summed E-state index contributed by atoms with van der Waals surface area (Å²) in [4.78, 5) is 4.68. The van der Waals surface area contributed by atoms with E-state index in [2.05, 4.69) is 16.7 Å². The highest BCUT2D eigenvalue weighted by molar-refractivity contribution is 5.27. The van der Waals surface area contributed by atoms with Crippen molar-refractivity contribution in [3.63, 3.8) is 0 Å². The second-order valence-corrected chi connectivity index (χ2v) is 6.27. The first-order valence-corrected chi connectivity index (χ1v) is 8.08. The lowest BCUT2D eigenvalue weighted by Gasteiger charge is -2.40. The van der Waals surface area contributed by atoms with Crippen molar-refractivity contribution in [1.29, 1.82) is 0 Å². The molecular weight excluding hydrogens is 302 g/mol. The third-order valence-electron chi connectivity index (χ3n) is 4.06. The van der Waals surface area contributed by atoms with Gasteiger partial charge in [-0.25, -0.2) is 8.78 Å². The van der Waals surface area contributed by atoms with Gasteiger partial charge < -0.3 is 9.84 Å². The number of aliphatic hydroxyl groups is 1. The highest BCUT2D eigenvalue weighted by atomic mass is 19.3. The van der Waals surface area contributed by atoms with E-state index in [1.54, 1.807) is 12.1 Å². The molecule has 1 heterocycles. The molecule has 2 atom stereocenters. The predicted molar refractivity (Wildman–Crippen MR) is 85.9 cm³/mol. The van der Waals surface area contributed by atoms with E-state index in [1.165, 1.54) is 0 Å². The Balaban J connectivity index is 1.83. The fourth-order valence-corrected chi connectivity index (χ4v) is 2.93. The summed E-state index contributed by atoms with van der Waals surface area (Å²) >= 11 is 0. The van der Waals surface area contributed by atoms with Crippen LogP contribution in [-0.2, 0) is 6.54 Å². The molecule has 1 aliphatic heterocycles. The lowest BCUT2D eigenvalue weighted by molar-refractivity contribution is 0.0472. The largest absolute Gasteiger partial charge is 0.488 e. The molecule has 0 saturated carbocycles. The Labute approximate surface area is 136 Å². The monoisotopic (exact) mass is 328 g/mol. The summed E-state index contributed by atoms with van der Waals surface area (Å²) < 4.78 is 29.2. The number of alkyl halides is 2. The third-order valence-corrected chi connectivity index (χ3v) is 4.06. The molecule has 1 aliphatic rings. The number of ether oxygens (including phenoxy) is 1. The van der Waals surface area contributed by atoms with Gasteiger partial charge in [-0.2, -0.15) is 0 Å². The van der Waals surface area contributed by atoms with Crippen molar-refractivity contribution in [3.05, 3.63) is 29.8 Å². The first kappa shape index (κ1) is 18.1. The van der Waals surface area contributed by atoms with Crippen LogP contribution in [0.4, 0.5) is 8.78 Å². The Morgan fingerprint density at radius 1 is 1.26 bits per heavy atom. The van der Waals surface area contributed by atoms with Gasteiger partial charge in [-0.1, -0.05) is 12.1 Å². The molecule has 0 bridgehead atoms. The standard InChI is InChI=1S/C17H26F2N2O2/c1-13-9-20(10-14(2)22)7-8-21(13)11-15-3-5-16(6-4-15)23-12-17(18)19/h3-6,13-14,17,22H,7-12H2,1-2H3. The van der Waals surface area contributed by atoms with Gasteiger partial charge in [0.2, 0.25) is 0 Å². The van der Waals surface area contributed by atoms with Crippen LogP contribution in [0.25, 0.3) is 0 Å². The average molecular weight is 328 g/mol. The number of hydrogen-bond acceptors (Lipinski definition) is 4. The van der Waals surface area contributed by atoms with Gasteiger partial charge in [0.1, 0.15) is 12.4 Å². The molecule has 1 aromatic rings. The Morgan fingerprint density at radius 2 is 1.96 bits per heavy atom. The van der Waals surface area contributed by atoms with Crippen LogP contribution >= 0.6 is 0 Å². The number of halogens is 2. The average Bonchev–Trinajstić information content (AvgIpc) is 2.48. The highest BCUT2D eigenvalue weighted by Crippen LogP contribution is 2.17. The van der Waals surface area contributed by atoms with Crippen molar-refractivity contribution < 1.29 is 18.6 Å². The molecule has 0 spiro atoms. The molecule has 1 fully saturated rings. The molecule has 0 aliphatic carbocycles. The van der Waals surface area contributed by atoms with Crippen LogP contribution in [0, 0.1) is 0 Å². The molecule has 1 saturated heterocycles. The summed E-state index contributed by atoms with van der Waals surface area (Å²) in [5.74, 6) is 0.476. The number of piperazine rings is 1. The van der Waals surface area contributed by atoms with E-state index in [1.807, 2.05) is 19.1 Å². The zero-order valence-corrected chi connectivity index (χ0v) is 13.8. The van der Waals surface area contributed by atoms with Gasteiger partial charge in [-0.15, -0.1) is 0 Å². The number of β-amino-alcohol motifs (C(OH)–C–C–N with tert-alkyl or cyclic N) is 1. The van der Waals surface area contributed by atoms with Crippen LogP contribution in [0.3, 0.4) is 0 Å². The second kappa shape index (κ2) is 8.57. The third kappa shape index (κ3) is 6.05. The normalized spacial score (nSPS) is 21.6. The molecule has 130 valence electrons. The van der Waals surface area contributed by atoms with Crippen molar-refractivity contribution >= 4 is 0 Å². The van der Waals surface area contributed by atoms with Crippen LogP contribution < -0.4 is 4.74 Å². The van der Waals surface area contributed by atoms with Gasteiger partial charge in [0.25, 0.3) is 6.43 Å². The predicted octanol–water partition coefficient (Wildman–Crippen LogP) is 2.22. The number of nitrogens with zero attached hydrogens (tertiary/aromatic N) is 2. The van der Waals surface area contributed by atoms with Crippen LogP contribution in [-0.4, -0.2) is 66.3 Å². The summed E-state index contributed by atoms with van der Waals surface area (Å²) in [6.07, 6.45) is -2.75. The van der Waals surface area contributed by atoms with E-state index in [0.717, 1.165) is 31.7 Å². The van der Waals surface area contributed by atoms with Crippen molar-refractivity contribution in [2.75, 3.05) is 32.8 Å².